The fourth-order valence-electron chi connectivity index (χ4n) is 9.03. The molecule has 2 nitrogen and oxygen atoms in total. The second kappa shape index (κ2) is 11.7. The molecule has 4 rings (SSSR count). The molecule has 0 radical (unpaired) electrons. The van der Waals surface area contributed by atoms with Crippen LogP contribution in [-0.2, 0) is 4.79 Å². The fraction of sp³-hybridized carbons (Fsp3) is 0.844. The maximum atomic E-state index is 12.3. The van der Waals surface area contributed by atoms with Gasteiger partial charge in [-0.05, 0) is 0 Å². The van der Waals surface area contributed by atoms with Crippen LogP contribution in [0.4, 0.5) is 0 Å². The van der Waals surface area contributed by atoms with Crippen molar-refractivity contribution in [3.63, 3.8) is 0 Å². The Morgan fingerprint density at radius 2 is 1.57 bits per heavy atom. The van der Waals surface area contributed by atoms with Gasteiger partial charge in [0.15, 0.2) is 0 Å². The van der Waals surface area contributed by atoms with E-state index in [2.05, 4.69) is 37.9 Å². The SMILES string of the molecule is CCC[CH2][Sn](/[CH]=C\[C@]1(O)CC[C@H]2[C@@H]3CCC4=CC(=O)CC[C@@H]4[C@H]3CC[C@@]21C)([CH2]CCC)[CH2]CCC. The van der Waals surface area contributed by atoms with Crippen molar-refractivity contribution >= 4 is 24.2 Å². The Labute approximate surface area is 220 Å². The van der Waals surface area contributed by atoms with Crippen molar-refractivity contribution in [2.24, 2.45) is 29.1 Å². The van der Waals surface area contributed by atoms with Gasteiger partial charge in [-0.15, -0.1) is 0 Å². The molecule has 0 amide bonds. The molecule has 0 aromatic carbocycles. The zero-order chi connectivity index (χ0) is 25.1. The van der Waals surface area contributed by atoms with Gasteiger partial charge in [-0.3, -0.25) is 0 Å². The van der Waals surface area contributed by atoms with Crippen LogP contribution in [0.25, 0.3) is 0 Å². The van der Waals surface area contributed by atoms with Crippen molar-refractivity contribution in [3.05, 3.63) is 21.8 Å². The molecule has 3 heteroatoms. The molecule has 0 aromatic rings. The molecule has 1 N–H and O–H groups in total. The van der Waals surface area contributed by atoms with Crippen molar-refractivity contribution < 1.29 is 9.90 Å². The molecule has 3 saturated carbocycles. The second-order valence-corrected chi connectivity index (χ2v) is 26.2. The van der Waals surface area contributed by atoms with E-state index in [0.717, 1.165) is 37.5 Å². The number of carbonyl (C=O) groups is 1. The monoisotopic (exact) mass is 590 g/mol. The Morgan fingerprint density at radius 1 is 0.914 bits per heavy atom. The quantitative estimate of drug-likeness (QED) is 0.245. The molecule has 198 valence electrons. The summed E-state index contributed by atoms with van der Waals surface area (Å²) < 4.78 is 7.21. The van der Waals surface area contributed by atoms with E-state index in [4.69, 9.17) is 0 Å². The Balaban J connectivity index is 1.56. The van der Waals surface area contributed by atoms with Crippen LogP contribution in [0.2, 0.25) is 13.3 Å². The van der Waals surface area contributed by atoms with Gasteiger partial charge >= 0.3 is 221 Å². The van der Waals surface area contributed by atoms with Gasteiger partial charge in [-0.2, -0.15) is 0 Å². The van der Waals surface area contributed by atoms with Crippen molar-refractivity contribution in [3.8, 4) is 0 Å². The zero-order valence-corrected chi connectivity index (χ0v) is 26.3. The number of unbranched alkanes of at least 4 members (excludes halogenated alkanes) is 3. The summed E-state index contributed by atoms with van der Waals surface area (Å²) in [5, 5.41) is 12.3. The van der Waals surface area contributed by atoms with E-state index in [1.807, 2.05) is 6.08 Å². The predicted octanol–water partition coefficient (Wildman–Crippen LogP) is 8.80. The summed E-state index contributed by atoms with van der Waals surface area (Å²) in [5.74, 6) is 3.17. The number of ketones is 1. The molecule has 4 aliphatic carbocycles. The minimum atomic E-state index is -2.41. The van der Waals surface area contributed by atoms with Gasteiger partial charge < -0.3 is 0 Å². The third-order valence-corrected chi connectivity index (χ3v) is 25.4. The normalized spacial score (nSPS) is 37.2. The van der Waals surface area contributed by atoms with E-state index in [1.165, 1.54) is 83.1 Å². The molecule has 0 heterocycles. The third kappa shape index (κ3) is 5.54. The van der Waals surface area contributed by atoms with Gasteiger partial charge in [0.1, 0.15) is 0 Å². The molecule has 35 heavy (non-hydrogen) atoms. The van der Waals surface area contributed by atoms with Crippen LogP contribution in [0.15, 0.2) is 21.8 Å². The third-order valence-electron chi connectivity index (χ3n) is 11.3. The van der Waals surface area contributed by atoms with Gasteiger partial charge in [0.25, 0.3) is 0 Å². The number of rotatable bonds is 11. The van der Waals surface area contributed by atoms with Crippen molar-refractivity contribution in [1.29, 1.82) is 0 Å². The first-order valence-corrected chi connectivity index (χ1v) is 23.2. The van der Waals surface area contributed by atoms with Gasteiger partial charge in [-0.25, -0.2) is 0 Å². The van der Waals surface area contributed by atoms with E-state index in [1.54, 1.807) is 0 Å². The van der Waals surface area contributed by atoms with E-state index in [0.29, 0.717) is 17.6 Å². The van der Waals surface area contributed by atoms with E-state index >= 15 is 0 Å². The molecule has 0 bridgehead atoms. The predicted molar refractivity (Wildman–Crippen MR) is 151 cm³/mol. The number of hydrogen-bond acceptors (Lipinski definition) is 2. The summed E-state index contributed by atoms with van der Waals surface area (Å²) in [5.41, 5.74) is 0.906. The molecular formula is C32H54O2Sn. The molecule has 4 aliphatic rings. The summed E-state index contributed by atoms with van der Waals surface area (Å²) in [6.07, 6.45) is 21.3. The van der Waals surface area contributed by atoms with E-state index in [9.17, 15) is 9.90 Å². The van der Waals surface area contributed by atoms with Gasteiger partial charge in [0, 0.05) is 0 Å². The van der Waals surface area contributed by atoms with Crippen molar-refractivity contribution in [1.82, 2.24) is 0 Å². The summed E-state index contributed by atoms with van der Waals surface area (Å²) in [7, 11) is 0. The Morgan fingerprint density at radius 3 is 2.20 bits per heavy atom. The zero-order valence-electron chi connectivity index (χ0n) is 23.4. The standard InChI is InChI=1S/C20H27O2.3C4H9.Sn/c1-3-20(22)11-9-18-17-6-4-13-12-14(21)5-7-15(13)16(17)8-10-19(18,20)2;3*1-3-4-2;/h1,3,12,15-18,22H,4-11H2,2H3;3*1,3-4H2,2H3;/t15-,16+,17+,18-,19-,20-;;;;/m0..../s1. The van der Waals surface area contributed by atoms with Crippen LogP contribution in [0.5, 0.6) is 0 Å². The van der Waals surface area contributed by atoms with Crippen LogP contribution in [0.3, 0.4) is 0 Å². The maximum absolute atomic E-state index is 12.3. The Hall–Kier alpha value is -0.0913. The summed E-state index contributed by atoms with van der Waals surface area (Å²) in [6, 6.07) is 0. The van der Waals surface area contributed by atoms with Crippen molar-refractivity contribution in [2.75, 3.05) is 0 Å². The topological polar surface area (TPSA) is 37.3 Å². The molecule has 0 aromatic heterocycles. The number of fused-ring (bicyclic) bond motifs is 5. The first-order valence-electron chi connectivity index (χ1n) is 15.5. The number of aliphatic hydroxyl groups is 1. The summed E-state index contributed by atoms with van der Waals surface area (Å²) in [4.78, 5) is 12.0. The van der Waals surface area contributed by atoms with Crippen LogP contribution in [0.1, 0.15) is 118 Å². The van der Waals surface area contributed by atoms with Gasteiger partial charge in [0.2, 0.25) is 0 Å². The fourth-order valence-corrected chi connectivity index (χ4v) is 23.5. The Kier molecular flexibility index (Phi) is 9.38. The molecule has 3 fully saturated rings. The molecule has 0 saturated heterocycles. The molecular weight excluding hydrogens is 535 g/mol. The van der Waals surface area contributed by atoms with E-state index < -0.39 is 24.0 Å². The average Bonchev–Trinajstić information content (AvgIpc) is 3.13. The molecule has 0 aliphatic heterocycles. The van der Waals surface area contributed by atoms with Crippen molar-refractivity contribution in [2.45, 2.75) is 136 Å². The average molecular weight is 589 g/mol. The second-order valence-electron chi connectivity index (χ2n) is 13.2. The minimum absolute atomic E-state index is 0.0360. The summed E-state index contributed by atoms with van der Waals surface area (Å²) in [6.45, 7) is 9.51. The van der Waals surface area contributed by atoms with Crippen LogP contribution < -0.4 is 0 Å². The molecule has 6 atom stereocenters. The molecule has 0 unspecified atom stereocenters. The number of hydrogen-bond donors (Lipinski definition) is 1. The van der Waals surface area contributed by atoms with E-state index in [-0.39, 0.29) is 5.41 Å². The van der Waals surface area contributed by atoms with Gasteiger partial charge in [0.05, 0.1) is 0 Å². The summed E-state index contributed by atoms with van der Waals surface area (Å²) >= 11 is -2.41. The number of allylic oxidation sites excluding steroid dienone is 1. The number of carbonyl (C=O) groups excluding carboxylic acids is 1. The molecule has 0 spiro atoms. The first-order chi connectivity index (χ1) is 16.8. The van der Waals surface area contributed by atoms with Crippen LogP contribution in [0, 0.1) is 29.1 Å². The van der Waals surface area contributed by atoms with Crippen LogP contribution >= 0.6 is 0 Å². The van der Waals surface area contributed by atoms with Gasteiger partial charge in [-0.1, -0.05) is 0 Å². The van der Waals surface area contributed by atoms with Crippen LogP contribution in [-0.4, -0.2) is 34.9 Å². The Bertz CT molecular complexity index is 778. The first kappa shape index (κ1) is 27.9.